The molecule has 0 saturated carbocycles. The number of aromatic nitrogens is 4. The highest BCUT2D eigenvalue weighted by molar-refractivity contribution is 5.91. The van der Waals surface area contributed by atoms with Crippen LogP contribution in [0.3, 0.4) is 0 Å². The fourth-order valence-electron chi connectivity index (χ4n) is 2.71. The topological polar surface area (TPSA) is 104 Å². The standard InChI is InChI=1S/C15H18N6O2/c22-14-6-13(19-10-20-14)21-5-1-2-11(9-21)7-18-15(23)12-8-16-3-4-17-12/h3-4,6,8,10-11H,1-2,5,7,9H2,(H,18,23)(H,19,20,22). The van der Waals surface area contributed by atoms with Gasteiger partial charge in [0.2, 0.25) is 0 Å². The van der Waals surface area contributed by atoms with Crippen LogP contribution in [0.1, 0.15) is 23.3 Å². The van der Waals surface area contributed by atoms with Crippen molar-refractivity contribution in [3.8, 4) is 0 Å². The highest BCUT2D eigenvalue weighted by Crippen LogP contribution is 2.19. The van der Waals surface area contributed by atoms with Gasteiger partial charge in [0.15, 0.2) is 0 Å². The zero-order valence-corrected chi connectivity index (χ0v) is 12.6. The summed E-state index contributed by atoms with van der Waals surface area (Å²) in [4.78, 5) is 40.1. The van der Waals surface area contributed by atoms with Gasteiger partial charge in [-0.15, -0.1) is 0 Å². The second-order valence-corrected chi connectivity index (χ2v) is 5.52. The number of rotatable bonds is 4. The summed E-state index contributed by atoms with van der Waals surface area (Å²) in [7, 11) is 0. The van der Waals surface area contributed by atoms with Gasteiger partial charge >= 0.3 is 0 Å². The lowest BCUT2D eigenvalue weighted by atomic mass is 9.98. The molecule has 8 nitrogen and oxygen atoms in total. The molecule has 0 radical (unpaired) electrons. The third kappa shape index (κ3) is 3.91. The maximum atomic E-state index is 12.0. The lowest BCUT2D eigenvalue weighted by molar-refractivity contribution is 0.0940. The van der Waals surface area contributed by atoms with Gasteiger partial charge in [0, 0.05) is 38.1 Å². The Kier molecular flexibility index (Phi) is 4.60. The molecule has 3 rings (SSSR count). The van der Waals surface area contributed by atoms with Crippen LogP contribution in [0.4, 0.5) is 5.82 Å². The third-order valence-corrected chi connectivity index (χ3v) is 3.85. The molecular weight excluding hydrogens is 296 g/mol. The average Bonchev–Trinajstić information content (AvgIpc) is 2.61. The van der Waals surface area contributed by atoms with Crippen LogP contribution in [-0.4, -0.2) is 45.5 Å². The van der Waals surface area contributed by atoms with Crippen molar-refractivity contribution in [2.24, 2.45) is 5.92 Å². The molecule has 1 saturated heterocycles. The molecule has 0 aromatic carbocycles. The molecule has 1 fully saturated rings. The zero-order chi connectivity index (χ0) is 16.1. The molecule has 0 spiro atoms. The van der Waals surface area contributed by atoms with E-state index in [0.29, 0.717) is 24.0 Å². The Balaban J connectivity index is 1.57. The molecule has 0 aliphatic carbocycles. The number of carbonyl (C=O) groups excluding carboxylic acids is 1. The molecule has 2 aromatic rings. The number of amides is 1. The van der Waals surface area contributed by atoms with Gasteiger partial charge in [-0.25, -0.2) is 9.97 Å². The van der Waals surface area contributed by atoms with E-state index in [1.165, 1.54) is 31.0 Å². The number of aromatic amines is 1. The van der Waals surface area contributed by atoms with Gasteiger partial charge < -0.3 is 15.2 Å². The molecule has 1 atom stereocenters. The van der Waals surface area contributed by atoms with Crippen LogP contribution in [0.25, 0.3) is 0 Å². The quantitative estimate of drug-likeness (QED) is 0.836. The number of carbonyl (C=O) groups is 1. The van der Waals surface area contributed by atoms with E-state index < -0.39 is 0 Å². The highest BCUT2D eigenvalue weighted by atomic mass is 16.2. The van der Waals surface area contributed by atoms with Crippen molar-refractivity contribution in [1.29, 1.82) is 0 Å². The summed E-state index contributed by atoms with van der Waals surface area (Å²) in [5.74, 6) is 0.772. The lowest BCUT2D eigenvalue weighted by Gasteiger charge is -2.33. The lowest BCUT2D eigenvalue weighted by Crippen LogP contribution is -2.41. The predicted molar refractivity (Wildman–Crippen MR) is 84.2 cm³/mol. The second-order valence-electron chi connectivity index (χ2n) is 5.52. The summed E-state index contributed by atoms with van der Waals surface area (Å²) in [6, 6.07) is 1.50. The fourth-order valence-corrected chi connectivity index (χ4v) is 2.71. The Labute approximate surface area is 133 Å². The van der Waals surface area contributed by atoms with Crippen LogP contribution >= 0.6 is 0 Å². The Morgan fingerprint density at radius 2 is 2.30 bits per heavy atom. The summed E-state index contributed by atoms with van der Waals surface area (Å²) < 4.78 is 0. The largest absolute Gasteiger partial charge is 0.356 e. The van der Waals surface area contributed by atoms with Crippen LogP contribution in [0.5, 0.6) is 0 Å². The molecule has 0 bridgehead atoms. The highest BCUT2D eigenvalue weighted by Gasteiger charge is 2.22. The molecule has 23 heavy (non-hydrogen) atoms. The van der Waals surface area contributed by atoms with Crippen molar-refractivity contribution in [3.63, 3.8) is 0 Å². The predicted octanol–water partition coefficient (Wildman–Crippen LogP) is 0.206. The first-order valence-corrected chi connectivity index (χ1v) is 7.56. The molecule has 8 heteroatoms. The van der Waals surface area contributed by atoms with E-state index in [9.17, 15) is 9.59 Å². The fraction of sp³-hybridized carbons (Fsp3) is 0.400. The van der Waals surface area contributed by atoms with Crippen molar-refractivity contribution in [2.75, 3.05) is 24.5 Å². The number of H-pyrrole nitrogens is 1. The van der Waals surface area contributed by atoms with Crippen LogP contribution in [0, 0.1) is 5.92 Å². The van der Waals surface area contributed by atoms with Gasteiger partial charge in [0.25, 0.3) is 11.5 Å². The molecule has 3 heterocycles. The number of anilines is 1. The maximum absolute atomic E-state index is 12.0. The van der Waals surface area contributed by atoms with Crippen LogP contribution in [-0.2, 0) is 0 Å². The minimum atomic E-state index is -0.218. The van der Waals surface area contributed by atoms with Crippen LogP contribution in [0.2, 0.25) is 0 Å². The first-order chi connectivity index (χ1) is 11.2. The minimum Gasteiger partial charge on any atom is -0.356 e. The van der Waals surface area contributed by atoms with Gasteiger partial charge in [-0.05, 0) is 18.8 Å². The van der Waals surface area contributed by atoms with Crippen LogP contribution < -0.4 is 15.8 Å². The van der Waals surface area contributed by atoms with E-state index in [-0.39, 0.29) is 11.5 Å². The number of nitrogens with zero attached hydrogens (tertiary/aromatic N) is 4. The van der Waals surface area contributed by atoms with E-state index in [0.717, 1.165) is 25.9 Å². The van der Waals surface area contributed by atoms with Gasteiger partial charge in [-0.1, -0.05) is 0 Å². The minimum absolute atomic E-state index is 0.159. The van der Waals surface area contributed by atoms with E-state index >= 15 is 0 Å². The van der Waals surface area contributed by atoms with Crippen LogP contribution in [0.15, 0.2) is 35.8 Å². The average molecular weight is 314 g/mol. The number of nitrogens with one attached hydrogen (secondary N) is 2. The van der Waals surface area contributed by atoms with Gasteiger partial charge in [0.05, 0.1) is 12.5 Å². The number of hydrogen-bond donors (Lipinski definition) is 2. The van der Waals surface area contributed by atoms with Gasteiger partial charge in [-0.2, -0.15) is 0 Å². The van der Waals surface area contributed by atoms with Crippen molar-refractivity contribution >= 4 is 11.7 Å². The van der Waals surface area contributed by atoms with E-state index in [1.807, 2.05) is 0 Å². The van der Waals surface area contributed by atoms with Crippen molar-refractivity contribution in [2.45, 2.75) is 12.8 Å². The Morgan fingerprint density at radius 1 is 1.39 bits per heavy atom. The van der Waals surface area contributed by atoms with Crippen molar-refractivity contribution in [1.82, 2.24) is 25.3 Å². The van der Waals surface area contributed by atoms with E-state index in [2.05, 4.69) is 30.2 Å². The Hall–Kier alpha value is -2.77. The van der Waals surface area contributed by atoms with Crippen molar-refractivity contribution in [3.05, 3.63) is 47.0 Å². The molecule has 2 N–H and O–H groups in total. The summed E-state index contributed by atoms with van der Waals surface area (Å²) in [5.41, 5.74) is 0.157. The summed E-state index contributed by atoms with van der Waals surface area (Å²) in [6.45, 7) is 2.19. The maximum Gasteiger partial charge on any atom is 0.271 e. The van der Waals surface area contributed by atoms with E-state index in [1.54, 1.807) is 0 Å². The SMILES string of the molecule is O=C(NCC1CCCN(c2cc(=O)[nH]cn2)C1)c1cnccn1. The molecule has 1 aliphatic heterocycles. The summed E-state index contributed by atoms with van der Waals surface area (Å²) in [5, 5.41) is 2.90. The molecular formula is C15H18N6O2. The molecule has 1 amide bonds. The summed E-state index contributed by atoms with van der Waals surface area (Å²) >= 11 is 0. The first-order valence-electron chi connectivity index (χ1n) is 7.56. The molecule has 1 unspecified atom stereocenters. The zero-order valence-electron chi connectivity index (χ0n) is 12.6. The second kappa shape index (κ2) is 6.99. The normalized spacial score (nSPS) is 17.7. The van der Waals surface area contributed by atoms with Gasteiger partial charge in [0.1, 0.15) is 11.5 Å². The van der Waals surface area contributed by atoms with Crippen molar-refractivity contribution < 1.29 is 4.79 Å². The number of hydrogen-bond acceptors (Lipinski definition) is 6. The number of piperidine rings is 1. The molecule has 120 valence electrons. The summed E-state index contributed by atoms with van der Waals surface area (Å²) in [6.07, 6.45) is 7.92. The Bertz CT molecular complexity index is 717. The first kappa shape index (κ1) is 15.1. The monoisotopic (exact) mass is 314 g/mol. The molecule has 1 aliphatic rings. The smallest absolute Gasteiger partial charge is 0.271 e. The van der Waals surface area contributed by atoms with E-state index in [4.69, 9.17) is 0 Å². The third-order valence-electron chi connectivity index (χ3n) is 3.85. The van der Waals surface area contributed by atoms with Gasteiger partial charge in [-0.3, -0.25) is 14.6 Å². The molecule has 2 aromatic heterocycles. The Morgan fingerprint density at radius 3 is 3.09 bits per heavy atom.